The number of aliphatic hydroxyl groups excluding tert-OH is 2. The molecule has 0 amide bonds. The molecule has 3 fully saturated rings. The lowest BCUT2D eigenvalue weighted by atomic mass is 9.65. The van der Waals surface area contributed by atoms with Crippen molar-refractivity contribution in [1.82, 2.24) is 0 Å². The van der Waals surface area contributed by atoms with Gasteiger partial charge >= 0.3 is 0 Å². The second kappa shape index (κ2) is 15.4. The van der Waals surface area contributed by atoms with Crippen LogP contribution in [0.2, 0.25) is 0 Å². The van der Waals surface area contributed by atoms with Crippen LogP contribution in [0, 0.1) is 53.3 Å². The van der Waals surface area contributed by atoms with Gasteiger partial charge in [-0.3, -0.25) is 0 Å². The van der Waals surface area contributed by atoms with Crippen LogP contribution in [0.1, 0.15) is 137 Å². The summed E-state index contributed by atoms with van der Waals surface area (Å²) in [5.41, 5.74) is 0. The van der Waals surface area contributed by atoms with Gasteiger partial charge in [0.1, 0.15) is 0 Å². The van der Waals surface area contributed by atoms with E-state index in [1.165, 1.54) is 89.9 Å². The van der Waals surface area contributed by atoms with E-state index in [9.17, 15) is 10.2 Å². The molecule has 0 bridgehead atoms. The van der Waals surface area contributed by atoms with E-state index in [4.69, 9.17) is 0 Å². The van der Waals surface area contributed by atoms with Crippen LogP contribution in [0.15, 0.2) is 0 Å². The van der Waals surface area contributed by atoms with Gasteiger partial charge in [-0.1, -0.05) is 121 Å². The summed E-state index contributed by atoms with van der Waals surface area (Å²) in [5, 5.41) is 22.7. The highest BCUT2D eigenvalue weighted by atomic mass is 127. The Morgan fingerprint density at radius 1 is 0.722 bits per heavy atom. The predicted molar refractivity (Wildman–Crippen MR) is 163 cm³/mol. The molecule has 3 aliphatic carbocycles. The molecule has 0 spiro atoms. The Labute approximate surface area is 238 Å². The third kappa shape index (κ3) is 8.83. The number of alkyl halides is 1. The highest BCUT2D eigenvalue weighted by molar-refractivity contribution is 14.1. The molecule has 0 heterocycles. The molecule has 0 aromatic heterocycles. The van der Waals surface area contributed by atoms with Crippen molar-refractivity contribution in [2.45, 2.75) is 153 Å². The fraction of sp³-hybridized carbons (Fsp3) is 1.00. The monoisotopic (exact) mass is 616 g/mol. The molecule has 0 aromatic rings. The van der Waals surface area contributed by atoms with Gasteiger partial charge in [0, 0.05) is 3.92 Å². The van der Waals surface area contributed by atoms with Crippen molar-refractivity contribution in [2.75, 3.05) is 0 Å². The van der Waals surface area contributed by atoms with Gasteiger partial charge in [0.05, 0.1) is 12.2 Å². The molecule has 3 aliphatic rings. The summed E-state index contributed by atoms with van der Waals surface area (Å²) in [7, 11) is 0. The normalized spacial score (nSPS) is 34.3. The van der Waals surface area contributed by atoms with E-state index in [0.29, 0.717) is 33.5 Å². The number of aliphatic hydroxyl groups is 2. The fourth-order valence-corrected chi connectivity index (χ4v) is 9.75. The van der Waals surface area contributed by atoms with Gasteiger partial charge in [-0.2, -0.15) is 0 Å². The average molecular weight is 617 g/mol. The standard InChI is InChI=1S/C33H61IO2/c1-22-15-18-28(19-16-22)33(36)25(4)30(26(5)34)20-17-23(2)32(35)24(3)21-29-13-9-10-14-31(29)27-11-7-6-8-12-27/h22-33,35-36H,6-21H2,1-5H3/t22?,23?,24-,25?,26-,28?,29?,30+,31?,32?,33?/m1/s1. The third-order valence-electron chi connectivity index (χ3n) is 11.4. The quantitative estimate of drug-likeness (QED) is 0.169. The second-order valence-corrected chi connectivity index (χ2v) is 16.0. The van der Waals surface area contributed by atoms with Crippen LogP contribution in [0.25, 0.3) is 0 Å². The van der Waals surface area contributed by atoms with Crippen LogP contribution < -0.4 is 0 Å². The molecule has 6 unspecified atom stereocenters. The zero-order valence-corrected chi connectivity index (χ0v) is 26.7. The molecule has 2 N–H and O–H groups in total. The minimum atomic E-state index is -0.191. The molecule has 3 rings (SSSR count). The number of halogens is 1. The molecule has 212 valence electrons. The first kappa shape index (κ1) is 31.2. The first-order valence-electron chi connectivity index (χ1n) is 16.2. The lowest BCUT2D eigenvalue weighted by Gasteiger charge is -2.41. The predicted octanol–water partition coefficient (Wildman–Crippen LogP) is 9.44. The molecule has 36 heavy (non-hydrogen) atoms. The molecule has 0 saturated heterocycles. The molecule has 2 nitrogen and oxygen atoms in total. The highest BCUT2D eigenvalue weighted by Gasteiger charge is 2.36. The first-order valence-corrected chi connectivity index (χ1v) is 17.4. The summed E-state index contributed by atoms with van der Waals surface area (Å²) in [4.78, 5) is 0. The van der Waals surface area contributed by atoms with E-state index < -0.39 is 0 Å². The summed E-state index contributed by atoms with van der Waals surface area (Å²) in [6.07, 6.45) is 21.0. The zero-order valence-electron chi connectivity index (χ0n) is 24.5. The van der Waals surface area contributed by atoms with E-state index in [1.54, 1.807) is 0 Å². The maximum Gasteiger partial charge on any atom is 0.0596 e. The van der Waals surface area contributed by atoms with Crippen molar-refractivity contribution in [1.29, 1.82) is 0 Å². The number of rotatable bonds is 12. The maximum absolute atomic E-state index is 11.4. The summed E-state index contributed by atoms with van der Waals surface area (Å²) < 4.78 is 0.551. The molecule has 0 aliphatic heterocycles. The van der Waals surface area contributed by atoms with Crippen molar-refractivity contribution in [3.05, 3.63) is 0 Å². The molecule has 3 heteroatoms. The lowest BCUT2D eigenvalue weighted by molar-refractivity contribution is 0.00393. The third-order valence-corrected chi connectivity index (χ3v) is 12.3. The van der Waals surface area contributed by atoms with Crippen LogP contribution in [0.5, 0.6) is 0 Å². The Morgan fingerprint density at radius 2 is 1.33 bits per heavy atom. The second-order valence-electron chi connectivity index (χ2n) is 14.1. The van der Waals surface area contributed by atoms with Gasteiger partial charge in [-0.25, -0.2) is 0 Å². The summed E-state index contributed by atoms with van der Waals surface area (Å²) in [6.45, 7) is 11.6. The fourth-order valence-electron chi connectivity index (χ4n) is 8.74. The van der Waals surface area contributed by atoms with Gasteiger partial charge < -0.3 is 10.2 Å². The van der Waals surface area contributed by atoms with E-state index in [2.05, 4.69) is 57.2 Å². The highest BCUT2D eigenvalue weighted by Crippen LogP contribution is 2.45. The Balaban J connectivity index is 1.50. The van der Waals surface area contributed by atoms with Crippen LogP contribution in [-0.2, 0) is 0 Å². The SMILES string of the molecule is CC1CCC(C(O)C(C)[C@H](CCC(C)C(O)[C@H](C)CC2CCCCC2C2CCCCC2)[C@@H](C)I)CC1. The zero-order chi connectivity index (χ0) is 26.2. The summed E-state index contributed by atoms with van der Waals surface area (Å²) in [6, 6.07) is 0. The van der Waals surface area contributed by atoms with Crippen molar-refractivity contribution in [3.8, 4) is 0 Å². The smallest absolute Gasteiger partial charge is 0.0596 e. The van der Waals surface area contributed by atoms with E-state index in [-0.39, 0.29) is 12.2 Å². The van der Waals surface area contributed by atoms with Gasteiger partial charge in [0.15, 0.2) is 0 Å². The van der Waals surface area contributed by atoms with Crippen LogP contribution in [-0.4, -0.2) is 26.3 Å². The van der Waals surface area contributed by atoms with E-state index >= 15 is 0 Å². The van der Waals surface area contributed by atoms with E-state index in [1.807, 2.05) is 0 Å². The van der Waals surface area contributed by atoms with Crippen LogP contribution >= 0.6 is 22.6 Å². The van der Waals surface area contributed by atoms with Gasteiger partial charge in [0.25, 0.3) is 0 Å². The maximum atomic E-state index is 11.4. The minimum Gasteiger partial charge on any atom is -0.393 e. The van der Waals surface area contributed by atoms with Gasteiger partial charge in [-0.05, 0) is 91.8 Å². The van der Waals surface area contributed by atoms with Crippen LogP contribution in [0.3, 0.4) is 0 Å². The topological polar surface area (TPSA) is 40.5 Å². The molecular weight excluding hydrogens is 555 g/mol. The van der Waals surface area contributed by atoms with Crippen molar-refractivity contribution >= 4 is 22.6 Å². The molecule has 0 aromatic carbocycles. The largest absolute Gasteiger partial charge is 0.393 e. The molecule has 0 radical (unpaired) electrons. The van der Waals surface area contributed by atoms with Gasteiger partial charge in [-0.15, -0.1) is 0 Å². The minimum absolute atomic E-state index is 0.165. The Morgan fingerprint density at radius 3 is 1.97 bits per heavy atom. The van der Waals surface area contributed by atoms with Gasteiger partial charge in [0.2, 0.25) is 0 Å². The summed E-state index contributed by atoms with van der Waals surface area (Å²) in [5.74, 6) is 5.67. The summed E-state index contributed by atoms with van der Waals surface area (Å²) >= 11 is 2.59. The van der Waals surface area contributed by atoms with Crippen molar-refractivity contribution in [3.63, 3.8) is 0 Å². The Bertz CT molecular complexity index is 594. The lowest BCUT2D eigenvalue weighted by Crippen LogP contribution is -2.37. The molecular formula is C33H61IO2. The molecule has 9 atom stereocenters. The molecule has 3 saturated carbocycles. The van der Waals surface area contributed by atoms with Crippen molar-refractivity contribution < 1.29 is 10.2 Å². The Kier molecular flexibility index (Phi) is 13.4. The Hall–Kier alpha value is 0.650. The average Bonchev–Trinajstić information content (AvgIpc) is 2.88. The number of hydrogen-bond acceptors (Lipinski definition) is 2. The van der Waals surface area contributed by atoms with Crippen molar-refractivity contribution in [2.24, 2.45) is 53.3 Å². The van der Waals surface area contributed by atoms with E-state index in [0.717, 1.165) is 36.5 Å². The van der Waals surface area contributed by atoms with Crippen LogP contribution in [0.4, 0.5) is 0 Å². The first-order chi connectivity index (χ1) is 17.2. The number of hydrogen-bond donors (Lipinski definition) is 2.